The minimum absolute atomic E-state index is 0.204. The van der Waals surface area contributed by atoms with Crippen molar-refractivity contribution in [2.24, 2.45) is 13.0 Å². The normalized spacial score (nSPS) is 18.9. The molecule has 1 aromatic carbocycles. The standard InChI is InChI=1S/C29H28N6O3S2/c1-18-10-9-14-32(17-18)25-21(26(36)33-15-8-7-13-23(33)30-25)16-22-27(37)34(29(39)40-22)24-19(2)31(3)35(28(24)38)20-11-5-4-6-12-20/h4-8,11-13,15-16,18H,9-10,14,17H2,1-3H3/b22-16+. The number of amides is 1. The number of hydrogen-bond donors (Lipinski definition) is 0. The highest BCUT2D eigenvalue weighted by molar-refractivity contribution is 8.27. The van der Waals surface area contributed by atoms with Gasteiger partial charge in [-0.15, -0.1) is 0 Å². The SMILES string of the molecule is Cc1c(N2C(=O)/C(=C\c3c(N4CCCC(C)C4)nc4ccccn4c3=O)SC2=S)c(=O)n(-c2ccccc2)n1C. The molecular formula is C29H28N6O3S2. The summed E-state index contributed by atoms with van der Waals surface area (Å²) in [5.74, 6) is 0.593. The number of aromatic nitrogens is 4. The molecule has 2 aliphatic heterocycles. The van der Waals surface area contributed by atoms with Crippen molar-refractivity contribution in [1.82, 2.24) is 18.7 Å². The third-order valence-electron chi connectivity index (χ3n) is 7.52. The molecule has 2 fully saturated rings. The molecule has 0 saturated carbocycles. The molecule has 0 aliphatic carbocycles. The molecule has 0 bridgehead atoms. The van der Waals surface area contributed by atoms with Crippen molar-refractivity contribution in [3.8, 4) is 5.69 Å². The van der Waals surface area contributed by atoms with Crippen LogP contribution in [0, 0.1) is 12.8 Å². The maximum Gasteiger partial charge on any atom is 0.296 e. The Morgan fingerprint density at radius 1 is 1.05 bits per heavy atom. The van der Waals surface area contributed by atoms with E-state index >= 15 is 0 Å². The second-order valence-corrected chi connectivity index (χ2v) is 11.9. The van der Waals surface area contributed by atoms with Crippen LogP contribution in [0.1, 0.15) is 31.0 Å². The molecule has 9 nitrogen and oxygen atoms in total. The van der Waals surface area contributed by atoms with Gasteiger partial charge in [-0.1, -0.05) is 55.2 Å². The summed E-state index contributed by atoms with van der Waals surface area (Å²) in [5.41, 5.74) is 1.76. The molecule has 2 saturated heterocycles. The molecule has 0 spiro atoms. The van der Waals surface area contributed by atoms with E-state index in [0.717, 1.165) is 37.7 Å². The number of para-hydroxylation sites is 1. The Morgan fingerprint density at radius 2 is 1.80 bits per heavy atom. The van der Waals surface area contributed by atoms with Crippen molar-refractivity contribution in [1.29, 1.82) is 0 Å². The highest BCUT2D eigenvalue weighted by atomic mass is 32.2. The van der Waals surface area contributed by atoms with E-state index in [1.54, 1.807) is 43.1 Å². The molecule has 1 atom stereocenters. The Bertz CT molecular complexity index is 1820. The van der Waals surface area contributed by atoms with Gasteiger partial charge in [-0.3, -0.25) is 28.4 Å². The molecule has 1 unspecified atom stereocenters. The zero-order valence-corrected chi connectivity index (χ0v) is 24.0. The van der Waals surface area contributed by atoms with Gasteiger partial charge in [0.15, 0.2) is 4.32 Å². The zero-order chi connectivity index (χ0) is 28.1. The van der Waals surface area contributed by atoms with Crippen LogP contribution >= 0.6 is 24.0 Å². The van der Waals surface area contributed by atoms with Gasteiger partial charge < -0.3 is 4.90 Å². The topological polar surface area (TPSA) is 84.9 Å². The first-order chi connectivity index (χ1) is 19.3. The number of rotatable bonds is 4. The lowest BCUT2D eigenvalue weighted by atomic mass is 10.00. The van der Waals surface area contributed by atoms with Crippen LogP contribution in [0.15, 0.2) is 69.2 Å². The average Bonchev–Trinajstić information content (AvgIpc) is 3.34. The largest absolute Gasteiger partial charge is 0.356 e. The van der Waals surface area contributed by atoms with Crippen molar-refractivity contribution in [3.63, 3.8) is 0 Å². The molecule has 1 amide bonds. The van der Waals surface area contributed by atoms with Gasteiger partial charge in [-0.25, -0.2) is 9.67 Å². The van der Waals surface area contributed by atoms with Gasteiger partial charge in [-0.05, 0) is 56.0 Å². The van der Waals surface area contributed by atoms with E-state index in [1.165, 1.54) is 14.0 Å². The number of thiocarbonyl (C=S) groups is 1. The highest BCUT2D eigenvalue weighted by Gasteiger charge is 2.38. The smallest absolute Gasteiger partial charge is 0.296 e. The van der Waals surface area contributed by atoms with Crippen LogP contribution in [0.5, 0.6) is 0 Å². The fourth-order valence-electron chi connectivity index (χ4n) is 5.44. The Labute approximate surface area is 240 Å². The van der Waals surface area contributed by atoms with E-state index in [9.17, 15) is 14.4 Å². The number of piperidine rings is 1. The second kappa shape index (κ2) is 10.2. The summed E-state index contributed by atoms with van der Waals surface area (Å²) in [6.45, 7) is 5.53. The lowest BCUT2D eigenvalue weighted by Crippen LogP contribution is -2.37. The van der Waals surface area contributed by atoms with Crippen LogP contribution in [0.3, 0.4) is 0 Å². The van der Waals surface area contributed by atoms with Gasteiger partial charge in [0.1, 0.15) is 17.2 Å². The predicted octanol–water partition coefficient (Wildman–Crippen LogP) is 4.13. The summed E-state index contributed by atoms with van der Waals surface area (Å²) < 4.78 is 4.96. The Balaban J connectivity index is 1.47. The van der Waals surface area contributed by atoms with Crippen LogP contribution in [0.4, 0.5) is 11.5 Å². The monoisotopic (exact) mass is 572 g/mol. The van der Waals surface area contributed by atoms with E-state index in [2.05, 4.69) is 11.8 Å². The number of thioether (sulfide) groups is 1. The number of carbonyl (C=O) groups excluding carboxylic acids is 1. The fourth-order valence-corrected chi connectivity index (χ4v) is 6.70. The first-order valence-electron chi connectivity index (χ1n) is 13.1. The number of benzene rings is 1. The Kier molecular flexibility index (Phi) is 6.71. The average molecular weight is 573 g/mol. The first-order valence-corrected chi connectivity index (χ1v) is 14.4. The van der Waals surface area contributed by atoms with Gasteiger partial charge >= 0.3 is 0 Å². The maximum atomic E-state index is 13.8. The third kappa shape index (κ3) is 4.29. The molecule has 204 valence electrons. The summed E-state index contributed by atoms with van der Waals surface area (Å²) in [6.07, 6.45) is 5.39. The quantitative estimate of drug-likeness (QED) is 0.269. The van der Waals surface area contributed by atoms with Crippen molar-refractivity contribution in [3.05, 3.63) is 91.6 Å². The van der Waals surface area contributed by atoms with Crippen molar-refractivity contribution in [2.75, 3.05) is 22.9 Å². The molecule has 40 heavy (non-hydrogen) atoms. The van der Waals surface area contributed by atoms with Crippen molar-refractivity contribution in [2.45, 2.75) is 26.7 Å². The van der Waals surface area contributed by atoms with Crippen LogP contribution in [0.25, 0.3) is 17.4 Å². The van der Waals surface area contributed by atoms with Crippen molar-refractivity contribution < 1.29 is 4.79 Å². The van der Waals surface area contributed by atoms with Gasteiger partial charge in [-0.2, -0.15) is 0 Å². The Hall–Kier alpha value is -3.96. The van der Waals surface area contributed by atoms with Gasteiger partial charge in [0.05, 0.1) is 21.8 Å². The summed E-state index contributed by atoms with van der Waals surface area (Å²) >= 11 is 6.71. The molecule has 6 rings (SSSR count). The van der Waals surface area contributed by atoms with Gasteiger partial charge in [0.2, 0.25) is 0 Å². The Morgan fingerprint density at radius 3 is 2.55 bits per heavy atom. The molecule has 0 radical (unpaired) electrons. The molecule has 11 heteroatoms. The van der Waals surface area contributed by atoms with Crippen LogP contribution < -0.4 is 20.9 Å². The number of nitrogens with zero attached hydrogens (tertiary/aromatic N) is 6. The predicted molar refractivity (Wildman–Crippen MR) is 163 cm³/mol. The number of pyridine rings is 1. The number of hydrogen-bond acceptors (Lipinski definition) is 7. The summed E-state index contributed by atoms with van der Waals surface area (Å²) in [7, 11) is 1.77. The lowest BCUT2D eigenvalue weighted by molar-refractivity contribution is -0.113. The van der Waals surface area contributed by atoms with Gasteiger partial charge in [0.25, 0.3) is 17.0 Å². The molecular weight excluding hydrogens is 544 g/mol. The molecule has 3 aromatic heterocycles. The molecule has 2 aliphatic rings. The fraction of sp³-hybridized carbons (Fsp3) is 0.276. The van der Waals surface area contributed by atoms with E-state index in [-0.39, 0.29) is 26.0 Å². The molecule has 0 N–H and O–H groups in total. The minimum Gasteiger partial charge on any atom is -0.356 e. The zero-order valence-electron chi connectivity index (χ0n) is 22.4. The van der Waals surface area contributed by atoms with Crippen LogP contribution in [0.2, 0.25) is 0 Å². The maximum absolute atomic E-state index is 13.8. The summed E-state index contributed by atoms with van der Waals surface area (Å²) in [5, 5.41) is 0. The molecule has 5 heterocycles. The van der Waals surface area contributed by atoms with Crippen LogP contribution in [-0.4, -0.2) is 42.1 Å². The van der Waals surface area contributed by atoms with E-state index in [4.69, 9.17) is 17.2 Å². The molecule has 4 aromatic rings. The minimum atomic E-state index is -0.434. The number of anilines is 2. The van der Waals surface area contributed by atoms with Crippen molar-refractivity contribution >= 4 is 57.4 Å². The summed E-state index contributed by atoms with van der Waals surface area (Å²) in [4.78, 5) is 49.8. The number of fused-ring (bicyclic) bond motifs is 1. The summed E-state index contributed by atoms with van der Waals surface area (Å²) in [6, 6.07) is 14.7. The van der Waals surface area contributed by atoms with Crippen LogP contribution in [-0.2, 0) is 11.8 Å². The van der Waals surface area contributed by atoms with E-state index in [1.807, 2.05) is 36.4 Å². The van der Waals surface area contributed by atoms with E-state index in [0.29, 0.717) is 34.3 Å². The lowest BCUT2D eigenvalue weighted by Gasteiger charge is -2.32. The van der Waals surface area contributed by atoms with E-state index < -0.39 is 5.91 Å². The highest BCUT2D eigenvalue weighted by Crippen LogP contribution is 2.37. The third-order valence-corrected chi connectivity index (χ3v) is 8.82. The first kappa shape index (κ1) is 26.3. The van der Waals surface area contributed by atoms with Gasteiger partial charge in [0, 0.05) is 26.3 Å². The number of carbonyl (C=O) groups is 1. The second-order valence-electron chi connectivity index (χ2n) is 10.2.